The molecule has 0 aromatic carbocycles. The van der Waals surface area contributed by atoms with E-state index in [-0.39, 0.29) is 12.3 Å². The molecule has 3 heteroatoms. The van der Waals surface area contributed by atoms with Gasteiger partial charge >= 0.3 is 0 Å². The standard InChI is InChI=1S/C10H19NO2/c1-6-13-10(4)9(2,3)7-8(12)11(10)5/h6-7H2,1-5H3/i1D3,6D2. The quantitative estimate of drug-likeness (QED) is 0.662. The first-order valence-corrected chi connectivity index (χ1v) is 4.21. The Kier molecular flexibility index (Phi) is 1.22. The molecular weight excluding hydrogens is 166 g/mol. The first-order chi connectivity index (χ1) is 7.75. The molecule has 1 saturated heterocycles. The predicted molar refractivity (Wildman–Crippen MR) is 51.2 cm³/mol. The molecule has 13 heavy (non-hydrogen) atoms. The molecule has 0 saturated carbocycles. The Bertz CT molecular complexity index is 366. The van der Waals surface area contributed by atoms with Crippen molar-refractivity contribution in [2.45, 2.75) is 39.8 Å². The van der Waals surface area contributed by atoms with Crippen molar-refractivity contribution in [3.8, 4) is 0 Å². The topological polar surface area (TPSA) is 29.5 Å². The van der Waals surface area contributed by atoms with E-state index in [1.54, 1.807) is 20.8 Å². The van der Waals surface area contributed by atoms with Crippen LogP contribution in [0.3, 0.4) is 0 Å². The van der Waals surface area contributed by atoms with Crippen LogP contribution < -0.4 is 0 Å². The van der Waals surface area contributed by atoms with Crippen LogP contribution >= 0.6 is 0 Å². The van der Waals surface area contributed by atoms with E-state index in [1.165, 1.54) is 11.9 Å². The molecule has 0 N–H and O–H groups in total. The van der Waals surface area contributed by atoms with Crippen LogP contribution in [0.25, 0.3) is 0 Å². The molecule has 3 nitrogen and oxygen atoms in total. The third kappa shape index (κ3) is 1.35. The van der Waals surface area contributed by atoms with Gasteiger partial charge in [0.25, 0.3) is 0 Å². The summed E-state index contributed by atoms with van der Waals surface area (Å²) in [6.45, 7) is -0.661. The number of nitrogens with zero attached hydrogens (tertiary/aromatic N) is 1. The summed E-state index contributed by atoms with van der Waals surface area (Å²) in [6, 6.07) is 0. The van der Waals surface area contributed by atoms with Crippen LogP contribution in [0.5, 0.6) is 0 Å². The molecular formula is C10H19NO2. The molecule has 0 aromatic heterocycles. The average Bonchev–Trinajstić information content (AvgIpc) is 2.24. The van der Waals surface area contributed by atoms with Gasteiger partial charge in [-0.05, 0) is 13.8 Å². The van der Waals surface area contributed by atoms with Crippen molar-refractivity contribution >= 4 is 5.91 Å². The van der Waals surface area contributed by atoms with Gasteiger partial charge in [0.2, 0.25) is 5.91 Å². The Morgan fingerprint density at radius 1 is 1.69 bits per heavy atom. The van der Waals surface area contributed by atoms with Gasteiger partial charge in [0.1, 0.15) is 5.72 Å². The van der Waals surface area contributed by atoms with E-state index in [4.69, 9.17) is 11.6 Å². The van der Waals surface area contributed by atoms with E-state index in [0.717, 1.165) is 0 Å². The lowest BCUT2D eigenvalue weighted by molar-refractivity contribution is -0.171. The van der Waals surface area contributed by atoms with Gasteiger partial charge in [-0.3, -0.25) is 4.79 Å². The zero-order valence-corrected chi connectivity index (χ0v) is 8.47. The van der Waals surface area contributed by atoms with E-state index in [2.05, 4.69) is 0 Å². The lowest BCUT2D eigenvalue weighted by Crippen LogP contribution is -2.50. The van der Waals surface area contributed by atoms with Gasteiger partial charge < -0.3 is 9.64 Å². The van der Waals surface area contributed by atoms with Gasteiger partial charge in [0.15, 0.2) is 0 Å². The lowest BCUT2D eigenvalue weighted by Gasteiger charge is -2.41. The molecule has 76 valence electrons. The third-order valence-corrected chi connectivity index (χ3v) is 3.11. The van der Waals surface area contributed by atoms with Crippen molar-refractivity contribution < 1.29 is 16.4 Å². The number of likely N-dealkylation sites (tertiary alicyclic amines) is 1. The average molecular weight is 190 g/mol. The van der Waals surface area contributed by atoms with Crippen LogP contribution in [0.1, 0.15) is 40.9 Å². The number of amides is 1. The summed E-state index contributed by atoms with van der Waals surface area (Å²) in [5.41, 5.74) is -1.96. The molecule has 1 aliphatic rings. The number of carbonyl (C=O) groups excluding carboxylic acids is 1. The fraction of sp³-hybridized carbons (Fsp3) is 0.900. The minimum Gasteiger partial charge on any atom is -0.356 e. The molecule has 0 bridgehead atoms. The number of hydrogen-bond donors (Lipinski definition) is 0. The second-order valence-electron chi connectivity index (χ2n) is 4.20. The van der Waals surface area contributed by atoms with Crippen molar-refractivity contribution in [3.63, 3.8) is 0 Å². The van der Waals surface area contributed by atoms with Crippen molar-refractivity contribution in [2.24, 2.45) is 5.41 Å². The molecule has 1 fully saturated rings. The highest BCUT2D eigenvalue weighted by atomic mass is 16.5. The summed E-state index contributed by atoms with van der Waals surface area (Å²) in [6.07, 6.45) is 0.192. The van der Waals surface area contributed by atoms with Gasteiger partial charge in [0.05, 0.1) is 2.74 Å². The number of ether oxygens (including phenoxy) is 1. The summed E-state index contributed by atoms with van der Waals surface area (Å²) in [7, 11) is 1.49. The van der Waals surface area contributed by atoms with E-state index in [1.807, 2.05) is 0 Å². The van der Waals surface area contributed by atoms with Crippen LogP contribution in [0.4, 0.5) is 0 Å². The van der Waals surface area contributed by atoms with Crippen LogP contribution in [-0.2, 0) is 9.53 Å². The third-order valence-electron chi connectivity index (χ3n) is 3.11. The Balaban J connectivity index is 3.12. The normalized spacial score (nSPS) is 40.5. The second-order valence-corrected chi connectivity index (χ2v) is 4.20. The number of rotatable bonds is 2. The van der Waals surface area contributed by atoms with Crippen LogP contribution in [0, 0.1) is 5.41 Å². The molecule has 1 atom stereocenters. The van der Waals surface area contributed by atoms with Crippen molar-refractivity contribution in [2.75, 3.05) is 13.6 Å². The molecule has 0 radical (unpaired) electrons. The molecule has 1 rings (SSSR count). The van der Waals surface area contributed by atoms with Gasteiger partial charge in [-0.25, -0.2) is 0 Å². The maximum absolute atomic E-state index is 11.7. The van der Waals surface area contributed by atoms with E-state index >= 15 is 0 Å². The highest BCUT2D eigenvalue weighted by Crippen LogP contribution is 2.45. The maximum Gasteiger partial charge on any atom is 0.225 e. The first-order valence-electron chi connectivity index (χ1n) is 6.71. The maximum atomic E-state index is 11.7. The molecule has 1 aliphatic heterocycles. The summed E-state index contributed by atoms with van der Waals surface area (Å²) < 4.78 is 41.8. The Morgan fingerprint density at radius 3 is 2.69 bits per heavy atom. The zero-order chi connectivity index (χ0) is 14.6. The van der Waals surface area contributed by atoms with Crippen LogP contribution in [0.15, 0.2) is 0 Å². The molecule has 1 unspecified atom stereocenters. The van der Waals surface area contributed by atoms with Gasteiger partial charge in [-0.1, -0.05) is 13.8 Å². The minimum atomic E-state index is -2.90. The summed E-state index contributed by atoms with van der Waals surface area (Å²) in [5.74, 6) is -0.191. The van der Waals surface area contributed by atoms with Gasteiger partial charge in [0, 0.05) is 29.6 Å². The largest absolute Gasteiger partial charge is 0.356 e. The first kappa shape index (κ1) is 5.35. The SMILES string of the molecule is [2H]C([2H])([2H])C([2H])([2H])OC1(C)N(C)C(=O)CC1(C)C. The van der Waals surface area contributed by atoms with Gasteiger partial charge in [-0.2, -0.15) is 0 Å². The highest BCUT2D eigenvalue weighted by molar-refractivity contribution is 5.80. The molecule has 0 aromatic rings. The fourth-order valence-electron chi connectivity index (χ4n) is 1.66. The van der Waals surface area contributed by atoms with E-state index in [9.17, 15) is 4.79 Å². The van der Waals surface area contributed by atoms with E-state index < -0.39 is 24.6 Å². The summed E-state index contributed by atoms with van der Waals surface area (Å²) >= 11 is 0. The summed E-state index contributed by atoms with van der Waals surface area (Å²) in [4.78, 5) is 13.0. The highest BCUT2D eigenvalue weighted by Gasteiger charge is 2.54. The number of carbonyl (C=O) groups is 1. The molecule has 1 heterocycles. The smallest absolute Gasteiger partial charge is 0.225 e. The molecule has 1 amide bonds. The minimum absolute atomic E-state index is 0.191. The summed E-state index contributed by atoms with van der Waals surface area (Å²) in [5, 5.41) is 0. The Morgan fingerprint density at radius 2 is 2.31 bits per heavy atom. The monoisotopic (exact) mass is 190 g/mol. The van der Waals surface area contributed by atoms with Crippen LogP contribution in [0.2, 0.25) is 0 Å². The van der Waals surface area contributed by atoms with E-state index in [0.29, 0.717) is 0 Å². The number of hydrogen-bond acceptors (Lipinski definition) is 2. The van der Waals surface area contributed by atoms with Crippen LogP contribution in [-0.4, -0.2) is 30.1 Å². The molecule has 0 spiro atoms. The second kappa shape index (κ2) is 2.98. The Labute approximate surface area is 87.1 Å². The zero-order valence-electron chi connectivity index (χ0n) is 13.5. The molecule has 0 aliphatic carbocycles. The van der Waals surface area contributed by atoms with Crippen molar-refractivity contribution in [1.29, 1.82) is 0 Å². The van der Waals surface area contributed by atoms with Crippen molar-refractivity contribution in [1.82, 2.24) is 4.90 Å². The lowest BCUT2D eigenvalue weighted by atomic mass is 9.82. The fourth-order valence-corrected chi connectivity index (χ4v) is 1.66. The van der Waals surface area contributed by atoms with Crippen molar-refractivity contribution in [3.05, 3.63) is 0 Å². The van der Waals surface area contributed by atoms with Gasteiger partial charge in [-0.15, -0.1) is 0 Å². The predicted octanol–water partition coefficient (Wildman–Crippen LogP) is 1.63. The Hall–Kier alpha value is -0.570.